The van der Waals surface area contributed by atoms with Gasteiger partial charge in [-0.3, -0.25) is 28.8 Å². The molecule has 11 bridgehead atoms. The van der Waals surface area contributed by atoms with E-state index < -0.39 is 120 Å². The molecule has 0 spiro atoms. The third kappa shape index (κ3) is 13.8. The van der Waals surface area contributed by atoms with Gasteiger partial charge in [0.05, 0.1) is 62.4 Å². The zero-order chi connectivity index (χ0) is 60.8. The zero-order valence-electron chi connectivity index (χ0n) is 47.2. The number of fused-ring (bicyclic) bond motifs is 15. The van der Waals surface area contributed by atoms with Crippen LogP contribution < -0.4 is 57.2 Å². The number of methoxy groups -OCH3 is 4. The number of alkyl halides is 1. The van der Waals surface area contributed by atoms with Crippen molar-refractivity contribution in [1.82, 2.24) is 37.2 Å². The smallest absolute Gasteiger partial charge is 0.247 e. The molecule has 1 saturated heterocycles. The van der Waals surface area contributed by atoms with E-state index in [1.165, 1.54) is 70.9 Å². The number of nitrogens with two attached hydrogens (primary N) is 1. The second-order valence-corrected chi connectivity index (χ2v) is 22.8. The SMILES string of the molecule is CN[C@H](CC(C)C)C(=O)N[C@H]1C(=O)N[C@@H](CC(N)=O)C(=O)N[C@H]2C(=S)N[C@H]3C(=O)N[C@H](C(=O)N[C@H](CO)C4=CC(OC)CC(OC)=C4C4CC3=CC=C4COC)[C@H](O)C3=CC=C(Oc4cc2cc(c4OC)Oc2ccc(cc2Cl)[C@H]1O)C(Cl)C3. The van der Waals surface area contributed by atoms with Crippen LogP contribution in [-0.2, 0) is 43.0 Å². The number of thiocarbonyl (C=S) groups is 1. The molecule has 10 rings (SSSR count). The van der Waals surface area contributed by atoms with E-state index in [0.717, 1.165) is 5.57 Å². The monoisotopic (exact) mass is 1220 g/mol. The molecular weight excluding hydrogens is 1150 g/mol. The highest BCUT2D eigenvalue weighted by atomic mass is 35.5. The number of primary amides is 1. The summed E-state index contributed by atoms with van der Waals surface area (Å²) in [6, 6.07) is -3.45. The number of allylic oxidation sites excluding steroid dienone is 5. The summed E-state index contributed by atoms with van der Waals surface area (Å²) in [7, 11) is 7.43. The highest BCUT2D eigenvalue weighted by Crippen LogP contribution is 2.47. The second-order valence-electron chi connectivity index (χ2n) is 21.4. The van der Waals surface area contributed by atoms with Crippen molar-refractivity contribution in [2.45, 2.75) is 112 Å². The lowest BCUT2D eigenvalue weighted by atomic mass is 9.73. The number of carbonyl (C=O) groups excluding carboxylic acids is 6. The molecular formula is C58H70Cl2N8O15S. The van der Waals surface area contributed by atoms with Gasteiger partial charge in [0.15, 0.2) is 11.5 Å². The molecule has 5 heterocycles. The highest BCUT2D eigenvalue weighted by molar-refractivity contribution is 7.80. The maximum Gasteiger partial charge on any atom is 0.247 e. The lowest BCUT2D eigenvalue weighted by Gasteiger charge is -2.39. The molecule has 3 unspecified atom stereocenters. The average molecular weight is 1220 g/mol. The average Bonchev–Trinajstić information content (AvgIpc) is 1.25. The van der Waals surface area contributed by atoms with E-state index in [-0.39, 0.29) is 87.3 Å². The quantitative estimate of drug-likeness (QED) is 0.101. The molecule has 0 aromatic heterocycles. The van der Waals surface area contributed by atoms with Crippen molar-refractivity contribution >= 4 is 75.9 Å². The minimum Gasteiger partial charge on any atom is -0.501 e. The molecule has 84 heavy (non-hydrogen) atoms. The van der Waals surface area contributed by atoms with Crippen molar-refractivity contribution in [3.63, 3.8) is 0 Å². The minimum absolute atomic E-state index is 0.00845. The molecule has 23 nitrogen and oxygen atoms in total. The van der Waals surface area contributed by atoms with Gasteiger partial charge in [-0.15, -0.1) is 11.6 Å². The van der Waals surface area contributed by atoms with Crippen LogP contribution in [-0.4, -0.2) is 158 Å². The molecule has 8 aliphatic rings. The number of likely N-dealkylation sites (N-methyl/N-ethyl adjacent to an activating group) is 1. The molecule has 1 fully saturated rings. The summed E-state index contributed by atoms with van der Waals surface area (Å²) in [4.78, 5) is 86.8. The molecule has 2 aromatic carbocycles. The van der Waals surface area contributed by atoms with Crippen molar-refractivity contribution in [3.05, 3.63) is 116 Å². The van der Waals surface area contributed by atoms with Gasteiger partial charge in [0.2, 0.25) is 41.2 Å². The Balaban J connectivity index is 1.35. The Labute approximate surface area is 500 Å². The Morgan fingerprint density at radius 3 is 2.15 bits per heavy atom. The third-order valence-corrected chi connectivity index (χ3v) is 16.4. The summed E-state index contributed by atoms with van der Waals surface area (Å²) in [5, 5.41) is 54.1. The zero-order valence-corrected chi connectivity index (χ0v) is 49.5. The second kappa shape index (κ2) is 27.4. The van der Waals surface area contributed by atoms with Gasteiger partial charge in [0.1, 0.15) is 64.7 Å². The van der Waals surface area contributed by atoms with Crippen LogP contribution in [0.3, 0.4) is 0 Å². The number of carbonyl (C=O) groups is 6. The number of ether oxygens (including phenoxy) is 6. The fraction of sp³-hybridized carbons (Fsp3) is 0.466. The number of halogens is 2. The molecule has 6 amide bonds. The molecule has 3 aliphatic carbocycles. The Morgan fingerprint density at radius 1 is 0.810 bits per heavy atom. The minimum atomic E-state index is -1.83. The van der Waals surface area contributed by atoms with Gasteiger partial charge in [-0.05, 0) is 102 Å². The summed E-state index contributed by atoms with van der Waals surface area (Å²) in [5.74, 6) is -5.91. The standard InChI is InChI=1S/C58H70Cl2N8O15S/c1-25(2)14-36(62-3)53(73)66-48-50(71)27-10-12-39(34(59)16-27)82-42-18-30-19-43(52(42)81-7)83-40-13-11-28(17-35(40)60)51(72)49-57(77)64-38(23-69)33-20-31(79-5)21-41(80-6)45(33)32-15-26(8-9-29(32)24-78-4)46(55(75)67-49)68-58(84)47(30)65-54(74)37(22-44(61)70)63-56(48)76/h8-13,16,18-20,25,31-32,35-38,46-51,62,69,71-72H,14-15,17,21-24H2,1-7H3,(H2,61,70)(H,63,76)(H,64,77)(H,65,74)(H,66,73)(H,67,75)(H,68,84)/t31?,32?,35?,36-,37+,38-,46-,47-,48-,49+,50-,51-/m1/s1. The predicted molar refractivity (Wildman–Crippen MR) is 312 cm³/mol. The van der Waals surface area contributed by atoms with Crippen LogP contribution in [0.4, 0.5) is 0 Å². The number of rotatable bonds is 13. The van der Waals surface area contributed by atoms with Crippen LogP contribution in [0.1, 0.15) is 69.2 Å². The number of hydrogen-bond donors (Lipinski definition) is 11. The van der Waals surface area contributed by atoms with Crippen LogP contribution in [0.25, 0.3) is 0 Å². The van der Waals surface area contributed by atoms with E-state index in [1.807, 2.05) is 13.8 Å². The predicted octanol–water partition coefficient (Wildman–Crippen LogP) is 2.42. The molecule has 12 atom stereocenters. The van der Waals surface area contributed by atoms with Crippen LogP contribution in [0.15, 0.2) is 100 Å². The van der Waals surface area contributed by atoms with Crippen molar-refractivity contribution < 1.29 is 72.5 Å². The largest absolute Gasteiger partial charge is 0.501 e. The van der Waals surface area contributed by atoms with Crippen LogP contribution in [0.5, 0.6) is 23.0 Å². The van der Waals surface area contributed by atoms with E-state index in [9.17, 15) is 34.5 Å². The lowest BCUT2D eigenvalue weighted by molar-refractivity contribution is -0.136. The third-order valence-electron chi connectivity index (χ3n) is 15.4. The van der Waals surface area contributed by atoms with Crippen LogP contribution in [0.2, 0.25) is 5.02 Å². The molecule has 2 aromatic rings. The van der Waals surface area contributed by atoms with Crippen molar-refractivity contribution in [2.24, 2.45) is 17.6 Å². The Kier molecular flexibility index (Phi) is 20.6. The van der Waals surface area contributed by atoms with E-state index in [1.54, 1.807) is 25.3 Å². The first-order valence-corrected chi connectivity index (χ1v) is 28.4. The molecule has 26 heteroatoms. The number of amides is 6. The summed E-state index contributed by atoms with van der Waals surface area (Å²) in [6.07, 6.45) is 3.78. The molecule has 12 N–H and O–H groups in total. The van der Waals surface area contributed by atoms with Crippen molar-refractivity contribution in [1.29, 1.82) is 0 Å². The van der Waals surface area contributed by atoms with E-state index >= 15 is 9.59 Å². The van der Waals surface area contributed by atoms with E-state index in [2.05, 4.69) is 37.2 Å². The highest BCUT2D eigenvalue weighted by Gasteiger charge is 2.44. The molecule has 452 valence electrons. The molecule has 0 radical (unpaired) electrons. The molecule has 5 aliphatic heterocycles. The number of aliphatic hydroxyl groups excluding tert-OH is 3. The summed E-state index contributed by atoms with van der Waals surface area (Å²) >= 11 is 20.4. The number of aliphatic hydroxyl groups is 3. The lowest BCUT2D eigenvalue weighted by Crippen LogP contribution is -2.61. The van der Waals surface area contributed by atoms with Gasteiger partial charge in [-0.1, -0.05) is 62.0 Å². The summed E-state index contributed by atoms with van der Waals surface area (Å²) in [5.41, 5.74) is 8.23. The fourth-order valence-corrected chi connectivity index (χ4v) is 11.9. The van der Waals surface area contributed by atoms with Gasteiger partial charge in [0, 0.05) is 32.1 Å². The normalized spacial score (nSPS) is 27.7. The summed E-state index contributed by atoms with van der Waals surface area (Å²) < 4.78 is 36.7. The Bertz CT molecular complexity index is 3150. The molecule has 0 saturated carbocycles. The van der Waals surface area contributed by atoms with Crippen LogP contribution >= 0.6 is 35.4 Å². The maximum atomic E-state index is 15.5. The first kappa shape index (κ1) is 63.2. The number of benzene rings is 2. The summed E-state index contributed by atoms with van der Waals surface area (Å²) in [6.45, 7) is 3.27. The first-order chi connectivity index (χ1) is 40.1. The fourth-order valence-electron chi connectivity index (χ4n) is 11.1. The van der Waals surface area contributed by atoms with Gasteiger partial charge in [0.25, 0.3) is 0 Å². The van der Waals surface area contributed by atoms with Crippen LogP contribution in [0, 0.1) is 11.8 Å². The van der Waals surface area contributed by atoms with Crippen molar-refractivity contribution in [3.8, 4) is 23.0 Å². The van der Waals surface area contributed by atoms with Gasteiger partial charge < -0.3 is 86.7 Å². The topological polar surface area (TPSA) is 329 Å². The van der Waals surface area contributed by atoms with Crippen molar-refractivity contribution in [2.75, 3.05) is 48.7 Å². The van der Waals surface area contributed by atoms with Gasteiger partial charge >= 0.3 is 0 Å². The number of nitrogens with one attached hydrogen (secondary N) is 7. The Hall–Kier alpha value is -6.87. The van der Waals surface area contributed by atoms with Gasteiger partial charge in [-0.25, -0.2) is 0 Å². The maximum absolute atomic E-state index is 15.5. The van der Waals surface area contributed by atoms with Gasteiger partial charge in [-0.2, -0.15) is 0 Å². The van der Waals surface area contributed by atoms with E-state index in [0.29, 0.717) is 28.9 Å². The first-order valence-electron chi connectivity index (χ1n) is 27.2. The number of hydrogen-bond acceptors (Lipinski definition) is 17. The van der Waals surface area contributed by atoms with E-state index in [4.69, 9.17) is 69.6 Å². The Morgan fingerprint density at radius 2 is 1.52 bits per heavy atom.